The zero-order valence-corrected chi connectivity index (χ0v) is 38.5. The number of aromatic nitrogens is 3. The van der Waals surface area contributed by atoms with E-state index in [9.17, 15) is 0 Å². The van der Waals surface area contributed by atoms with Crippen molar-refractivity contribution in [3.8, 4) is 34.2 Å². The van der Waals surface area contributed by atoms with E-state index < -0.39 is 0 Å². The number of aryl methyl sites for hydroxylation is 2. The van der Waals surface area contributed by atoms with E-state index in [4.69, 9.17) is 15.0 Å². The summed E-state index contributed by atoms with van der Waals surface area (Å²) in [4.78, 5) is 15.4. The average Bonchev–Trinajstić information content (AvgIpc) is 3.39. The van der Waals surface area contributed by atoms with Crippen LogP contribution in [0.2, 0.25) is 0 Å². The van der Waals surface area contributed by atoms with Crippen molar-refractivity contribution in [3.63, 3.8) is 0 Å². The predicted octanol–water partition coefficient (Wildman–Crippen LogP) is 16.2. The first-order chi connectivity index (χ1) is 34.0. The van der Waals surface area contributed by atoms with E-state index in [-0.39, 0.29) is 0 Å². The van der Waals surface area contributed by atoms with E-state index in [1.807, 2.05) is 0 Å². The molecule has 0 aliphatic heterocycles. The molecule has 0 saturated carbocycles. The van der Waals surface area contributed by atoms with Gasteiger partial charge in [-0.15, -0.1) is 0 Å². The molecule has 0 atom stereocenters. The van der Waals surface area contributed by atoms with E-state index >= 15 is 0 Å². The minimum absolute atomic E-state index is 0.661. The number of rotatable bonds is 9. The van der Waals surface area contributed by atoms with Gasteiger partial charge >= 0.3 is 0 Å². The van der Waals surface area contributed by atoms with Gasteiger partial charge in [0.05, 0.1) is 0 Å². The fraction of sp³-hybridized carbons (Fsp3) is 0.106. The van der Waals surface area contributed by atoms with Crippen LogP contribution in [0.1, 0.15) is 68.5 Å². The Kier molecular flexibility index (Phi) is 10.3. The lowest BCUT2D eigenvalue weighted by Crippen LogP contribution is -2.01. The van der Waals surface area contributed by atoms with Crippen LogP contribution in [-0.4, -0.2) is 15.0 Å². The van der Waals surface area contributed by atoms with Gasteiger partial charge in [-0.2, -0.15) is 0 Å². The second-order valence-electron chi connectivity index (χ2n) is 19.2. The molecule has 328 valence electrons. The lowest BCUT2D eigenvalue weighted by Gasteiger charge is -2.13. The Bertz CT molecular complexity index is 3670. The Labute approximate surface area is 403 Å². The highest BCUT2D eigenvalue weighted by Gasteiger charge is 2.15. The maximum atomic E-state index is 5.15. The summed E-state index contributed by atoms with van der Waals surface area (Å²) < 4.78 is 0. The summed E-state index contributed by atoms with van der Waals surface area (Å²) in [5, 5.41) is 10.3. The number of fused-ring (bicyclic) bond motifs is 6. The quantitative estimate of drug-likeness (QED) is 0.136. The van der Waals surface area contributed by atoms with Gasteiger partial charge in [0.1, 0.15) is 0 Å². The normalized spacial score (nSPS) is 13.0. The minimum Gasteiger partial charge on any atom is -0.208 e. The van der Waals surface area contributed by atoms with Gasteiger partial charge in [0.2, 0.25) is 0 Å². The molecule has 0 unspecified atom stereocenters. The van der Waals surface area contributed by atoms with Crippen LogP contribution in [0.3, 0.4) is 0 Å². The number of nitrogens with zero attached hydrogens (tertiary/aromatic N) is 3. The third-order valence-corrected chi connectivity index (χ3v) is 14.3. The molecular formula is C66H49N3. The molecule has 0 spiro atoms. The smallest absolute Gasteiger partial charge is 0.164 e. The van der Waals surface area contributed by atoms with Crippen LogP contribution in [0.15, 0.2) is 200 Å². The molecule has 11 aromatic rings. The molecule has 3 nitrogen and oxygen atoms in total. The van der Waals surface area contributed by atoms with Gasteiger partial charge in [0.15, 0.2) is 17.5 Å². The molecule has 13 rings (SSSR count). The van der Waals surface area contributed by atoms with Crippen LogP contribution in [0, 0.1) is 0 Å². The van der Waals surface area contributed by atoms with Crippen molar-refractivity contribution in [2.24, 2.45) is 0 Å². The first-order valence-corrected chi connectivity index (χ1v) is 24.5. The third kappa shape index (κ3) is 8.42. The summed E-state index contributed by atoms with van der Waals surface area (Å²) in [5.74, 6) is 1.99. The Morgan fingerprint density at radius 3 is 1.03 bits per heavy atom. The van der Waals surface area contributed by atoms with Crippen molar-refractivity contribution in [1.29, 1.82) is 0 Å². The van der Waals surface area contributed by atoms with Gasteiger partial charge in [-0.1, -0.05) is 188 Å². The highest BCUT2D eigenvalue weighted by atomic mass is 15.0. The second kappa shape index (κ2) is 17.4. The van der Waals surface area contributed by atoms with Crippen LogP contribution >= 0.6 is 0 Å². The van der Waals surface area contributed by atoms with Crippen molar-refractivity contribution in [3.05, 3.63) is 256 Å². The molecule has 10 aromatic carbocycles. The molecular weight excluding hydrogens is 835 g/mol. The standard InChI is InChI=1S/C66H49N3/c1-4-10-55-40-61-34-46(19-28-58(61)37-52(55)7-1)31-43-13-22-49(23-14-43)64-67-65(50-24-15-44(16-25-50)32-47-20-29-59-38-53-8-2-5-11-56(53)41-62(59)35-47)69-66(68-64)51-26-17-45(18-27-51)33-48-21-30-60-39-54-9-3-6-12-57(54)42-63(60)36-48/h1,4-7,10-30,34-42H,2-3,8-9,31-33H2. The molecule has 69 heavy (non-hydrogen) atoms. The van der Waals surface area contributed by atoms with E-state index in [2.05, 4.69) is 212 Å². The number of hydrogen-bond donors (Lipinski definition) is 0. The van der Waals surface area contributed by atoms with E-state index in [1.165, 1.54) is 98.7 Å². The summed E-state index contributed by atoms with van der Waals surface area (Å²) in [5.41, 5.74) is 16.1. The molecule has 0 fully saturated rings. The van der Waals surface area contributed by atoms with Crippen molar-refractivity contribution in [1.82, 2.24) is 15.0 Å². The van der Waals surface area contributed by atoms with Crippen LogP contribution in [-0.2, 0) is 32.1 Å². The Morgan fingerprint density at radius 1 is 0.290 bits per heavy atom. The SMILES string of the molecule is C1=Cc2cc3cc(Cc4ccc(-c5nc(-c6ccc(Cc7ccc8cc9c(cc8c7)C=CCC9)cc6)nc(-c6ccc(Cc7ccc8cc9ccccc9cc8c7)cc6)n5)cc4)ccc3cc2CC1. The van der Waals surface area contributed by atoms with Gasteiger partial charge in [0, 0.05) is 16.7 Å². The van der Waals surface area contributed by atoms with Crippen LogP contribution < -0.4 is 0 Å². The predicted molar refractivity (Wildman–Crippen MR) is 289 cm³/mol. The summed E-state index contributed by atoms with van der Waals surface area (Å²) in [6, 6.07) is 69.5. The Balaban J connectivity index is 0.792. The van der Waals surface area contributed by atoms with E-state index in [0.29, 0.717) is 17.5 Å². The molecule has 3 heteroatoms. The summed E-state index contributed by atoms with van der Waals surface area (Å²) in [6.07, 6.45) is 16.2. The molecule has 0 radical (unpaired) electrons. The number of benzene rings is 10. The van der Waals surface area contributed by atoms with Crippen LogP contribution in [0.25, 0.3) is 89.4 Å². The van der Waals surface area contributed by atoms with E-state index in [1.54, 1.807) is 0 Å². The number of allylic oxidation sites excluding steroid dienone is 2. The van der Waals surface area contributed by atoms with Gasteiger partial charge in [-0.3, -0.25) is 0 Å². The van der Waals surface area contributed by atoms with Gasteiger partial charge < -0.3 is 0 Å². The van der Waals surface area contributed by atoms with Gasteiger partial charge in [-0.25, -0.2) is 15.0 Å². The van der Waals surface area contributed by atoms with Crippen molar-refractivity contribution in [2.45, 2.75) is 44.9 Å². The van der Waals surface area contributed by atoms with Crippen molar-refractivity contribution >= 4 is 55.2 Å². The van der Waals surface area contributed by atoms with Gasteiger partial charge in [-0.05, 0) is 168 Å². The zero-order chi connectivity index (χ0) is 45.7. The molecule has 1 aromatic heterocycles. The van der Waals surface area contributed by atoms with E-state index in [0.717, 1.165) is 61.6 Å². The fourth-order valence-electron chi connectivity index (χ4n) is 10.6. The zero-order valence-electron chi connectivity index (χ0n) is 38.5. The van der Waals surface area contributed by atoms with Crippen molar-refractivity contribution < 1.29 is 0 Å². The topological polar surface area (TPSA) is 38.7 Å². The highest BCUT2D eigenvalue weighted by molar-refractivity contribution is 5.98. The fourth-order valence-corrected chi connectivity index (χ4v) is 10.6. The average molecular weight is 884 g/mol. The molecule has 0 N–H and O–H groups in total. The maximum absolute atomic E-state index is 5.15. The molecule has 1 heterocycles. The lowest BCUT2D eigenvalue weighted by molar-refractivity contribution is 0.989. The summed E-state index contributed by atoms with van der Waals surface area (Å²) >= 11 is 0. The Morgan fingerprint density at radius 2 is 0.623 bits per heavy atom. The Hall–Kier alpha value is -8.27. The lowest BCUT2D eigenvalue weighted by atomic mass is 9.92. The van der Waals surface area contributed by atoms with Crippen molar-refractivity contribution in [2.75, 3.05) is 0 Å². The molecule has 0 saturated heterocycles. The molecule has 2 aliphatic rings. The minimum atomic E-state index is 0.661. The maximum Gasteiger partial charge on any atom is 0.164 e. The van der Waals surface area contributed by atoms with Crippen LogP contribution in [0.5, 0.6) is 0 Å². The summed E-state index contributed by atoms with van der Waals surface area (Å²) in [7, 11) is 0. The molecule has 0 bridgehead atoms. The first-order valence-electron chi connectivity index (χ1n) is 24.5. The third-order valence-electron chi connectivity index (χ3n) is 14.3. The number of hydrogen-bond acceptors (Lipinski definition) is 3. The van der Waals surface area contributed by atoms with Gasteiger partial charge in [0.25, 0.3) is 0 Å². The second-order valence-corrected chi connectivity index (χ2v) is 19.2. The summed E-state index contributed by atoms with van der Waals surface area (Å²) in [6.45, 7) is 0. The monoisotopic (exact) mass is 883 g/mol. The highest BCUT2D eigenvalue weighted by Crippen LogP contribution is 2.32. The first kappa shape index (κ1) is 41.0. The van der Waals surface area contributed by atoms with Crippen LogP contribution in [0.4, 0.5) is 0 Å². The molecule has 0 amide bonds. The molecule has 2 aliphatic carbocycles. The largest absolute Gasteiger partial charge is 0.208 e.